The van der Waals surface area contributed by atoms with Crippen LogP contribution in [0.4, 0.5) is 0 Å². The van der Waals surface area contributed by atoms with E-state index in [4.69, 9.17) is 5.26 Å². The van der Waals surface area contributed by atoms with Gasteiger partial charge in [-0.1, -0.05) is 0 Å². The summed E-state index contributed by atoms with van der Waals surface area (Å²) in [5, 5.41) is 12.6. The normalized spacial score (nSPS) is 17.3. The van der Waals surface area contributed by atoms with E-state index in [-0.39, 0.29) is 0 Å². The molecule has 1 aliphatic rings. The number of aromatic nitrogens is 1. The van der Waals surface area contributed by atoms with Gasteiger partial charge in [0.05, 0.1) is 0 Å². The van der Waals surface area contributed by atoms with Crippen molar-refractivity contribution in [2.24, 2.45) is 13.0 Å². The highest BCUT2D eigenvalue weighted by molar-refractivity contribution is 5.33. The monoisotopic (exact) mass is 274 g/mol. The van der Waals surface area contributed by atoms with Crippen molar-refractivity contribution in [3.05, 3.63) is 23.0 Å². The van der Waals surface area contributed by atoms with Gasteiger partial charge in [0.15, 0.2) is 0 Å². The van der Waals surface area contributed by atoms with Crippen LogP contribution in [-0.4, -0.2) is 36.1 Å². The van der Waals surface area contributed by atoms with Crippen LogP contribution >= 0.6 is 0 Å². The standard InChI is InChI=1S/C16H26N4/c1-13-15(10-16(11-17)20(13)3)12-18-7-4-14-5-8-19(2)9-6-14/h10,14,18H,4-9,12H2,1-3H3. The number of likely N-dealkylation sites (tertiary alicyclic amines) is 1. The molecule has 20 heavy (non-hydrogen) atoms. The van der Waals surface area contributed by atoms with Crippen molar-refractivity contribution < 1.29 is 0 Å². The Morgan fingerprint density at radius 1 is 1.35 bits per heavy atom. The fourth-order valence-electron chi connectivity index (χ4n) is 2.93. The number of rotatable bonds is 5. The Hall–Kier alpha value is -1.31. The van der Waals surface area contributed by atoms with Gasteiger partial charge in [-0.05, 0) is 70.4 Å². The molecule has 1 saturated heterocycles. The van der Waals surface area contributed by atoms with Crippen molar-refractivity contribution in [2.45, 2.75) is 32.7 Å². The summed E-state index contributed by atoms with van der Waals surface area (Å²) in [6.07, 6.45) is 3.94. The Balaban J connectivity index is 1.72. The molecular formula is C16H26N4. The van der Waals surface area contributed by atoms with Gasteiger partial charge in [-0.2, -0.15) is 5.26 Å². The zero-order chi connectivity index (χ0) is 14.5. The third kappa shape index (κ3) is 3.62. The molecule has 1 aliphatic heterocycles. The molecule has 110 valence electrons. The number of hydrogen-bond donors (Lipinski definition) is 1. The fraction of sp³-hybridized carbons (Fsp3) is 0.688. The number of hydrogen-bond acceptors (Lipinski definition) is 3. The van der Waals surface area contributed by atoms with Crippen LogP contribution in [0.25, 0.3) is 0 Å². The number of nitrogens with zero attached hydrogens (tertiary/aromatic N) is 3. The Kier molecular flexibility index (Phi) is 5.22. The zero-order valence-electron chi connectivity index (χ0n) is 12.9. The van der Waals surface area contributed by atoms with Gasteiger partial charge in [0.1, 0.15) is 11.8 Å². The van der Waals surface area contributed by atoms with E-state index in [1.54, 1.807) is 0 Å². The molecule has 1 aromatic rings. The topological polar surface area (TPSA) is 44.0 Å². The Bertz CT molecular complexity index is 475. The largest absolute Gasteiger partial charge is 0.340 e. The fourth-order valence-corrected chi connectivity index (χ4v) is 2.93. The summed E-state index contributed by atoms with van der Waals surface area (Å²) in [5.41, 5.74) is 3.18. The molecule has 0 aliphatic carbocycles. The summed E-state index contributed by atoms with van der Waals surface area (Å²) in [7, 11) is 4.16. The van der Waals surface area contributed by atoms with Gasteiger partial charge < -0.3 is 14.8 Å². The molecule has 0 amide bonds. The molecular weight excluding hydrogens is 248 g/mol. The predicted octanol–water partition coefficient (Wildman–Crippen LogP) is 2.03. The highest BCUT2D eigenvalue weighted by Gasteiger charge is 2.16. The molecule has 1 fully saturated rings. The minimum Gasteiger partial charge on any atom is -0.340 e. The second-order valence-corrected chi connectivity index (χ2v) is 6.02. The Labute approximate surface area is 122 Å². The second-order valence-electron chi connectivity index (χ2n) is 6.02. The molecule has 2 rings (SSSR count). The van der Waals surface area contributed by atoms with Crippen LogP contribution in [-0.2, 0) is 13.6 Å². The maximum atomic E-state index is 9.02. The predicted molar refractivity (Wildman–Crippen MR) is 81.4 cm³/mol. The van der Waals surface area contributed by atoms with Crippen molar-refractivity contribution in [3.63, 3.8) is 0 Å². The van der Waals surface area contributed by atoms with Crippen LogP contribution in [0, 0.1) is 24.2 Å². The molecule has 0 radical (unpaired) electrons. The molecule has 0 aromatic carbocycles. The molecule has 0 unspecified atom stereocenters. The molecule has 4 nitrogen and oxygen atoms in total. The average Bonchev–Trinajstić information content (AvgIpc) is 2.73. The van der Waals surface area contributed by atoms with Gasteiger partial charge in [-0.3, -0.25) is 0 Å². The van der Waals surface area contributed by atoms with E-state index in [0.29, 0.717) is 0 Å². The Morgan fingerprint density at radius 2 is 2.05 bits per heavy atom. The van der Waals surface area contributed by atoms with E-state index in [1.165, 1.54) is 43.6 Å². The summed E-state index contributed by atoms with van der Waals surface area (Å²) in [5.74, 6) is 0.880. The van der Waals surface area contributed by atoms with Gasteiger partial charge in [0.25, 0.3) is 0 Å². The first-order valence-electron chi connectivity index (χ1n) is 7.56. The molecule has 0 atom stereocenters. The number of nitriles is 1. The van der Waals surface area contributed by atoms with Gasteiger partial charge in [-0.25, -0.2) is 0 Å². The van der Waals surface area contributed by atoms with Crippen LogP contribution < -0.4 is 5.32 Å². The molecule has 0 saturated carbocycles. The van der Waals surface area contributed by atoms with Crippen LogP contribution in [0.5, 0.6) is 0 Å². The third-order valence-electron chi connectivity index (χ3n) is 4.64. The maximum absolute atomic E-state index is 9.02. The van der Waals surface area contributed by atoms with Gasteiger partial charge in [0.2, 0.25) is 0 Å². The van der Waals surface area contributed by atoms with Gasteiger partial charge in [0, 0.05) is 19.3 Å². The third-order valence-corrected chi connectivity index (χ3v) is 4.64. The molecule has 2 heterocycles. The summed E-state index contributed by atoms with van der Waals surface area (Å²) in [6, 6.07) is 4.23. The number of nitrogens with one attached hydrogen (secondary N) is 1. The van der Waals surface area contributed by atoms with Crippen LogP contribution in [0.3, 0.4) is 0 Å². The van der Waals surface area contributed by atoms with Crippen molar-refractivity contribution >= 4 is 0 Å². The average molecular weight is 274 g/mol. The first kappa shape index (κ1) is 15.1. The smallest absolute Gasteiger partial charge is 0.120 e. The lowest BCUT2D eigenvalue weighted by atomic mass is 9.94. The highest BCUT2D eigenvalue weighted by Crippen LogP contribution is 2.19. The van der Waals surface area contributed by atoms with Crippen LogP contribution in [0.15, 0.2) is 6.07 Å². The molecule has 4 heteroatoms. The van der Waals surface area contributed by atoms with Crippen LogP contribution in [0.2, 0.25) is 0 Å². The highest BCUT2D eigenvalue weighted by atomic mass is 15.1. The van der Waals surface area contributed by atoms with Gasteiger partial charge in [-0.15, -0.1) is 0 Å². The van der Waals surface area contributed by atoms with Crippen LogP contribution in [0.1, 0.15) is 36.2 Å². The van der Waals surface area contributed by atoms with Crippen molar-refractivity contribution in [1.29, 1.82) is 5.26 Å². The van der Waals surface area contributed by atoms with E-state index >= 15 is 0 Å². The van der Waals surface area contributed by atoms with Gasteiger partial charge >= 0.3 is 0 Å². The maximum Gasteiger partial charge on any atom is 0.120 e. The molecule has 1 N–H and O–H groups in total. The Morgan fingerprint density at radius 3 is 2.65 bits per heavy atom. The molecule has 1 aromatic heterocycles. The van der Waals surface area contributed by atoms with Crippen molar-refractivity contribution in [1.82, 2.24) is 14.8 Å². The van der Waals surface area contributed by atoms with E-state index in [2.05, 4.69) is 30.3 Å². The minimum atomic E-state index is 0.745. The first-order valence-corrected chi connectivity index (χ1v) is 7.56. The number of piperidine rings is 1. The quantitative estimate of drug-likeness (QED) is 0.836. The van der Waals surface area contributed by atoms with E-state index in [0.717, 1.165) is 24.7 Å². The second kappa shape index (κ2) is 6.92. The van der Waals surface area contributed by atoms with E-state index in [1.807, 2.05) is 17.7 Å². The zero-order valence-corrected chi connectivity index (χ0v) is 12.9. The lowest BCUT2D eigenvalue weighted by molar-refractivity contribution is 0.211. The van der Waals surface area contributed by atoms with E-state index in [9.17, 15) is 0 Å². The lowest BCUT2D eigenvalue weighted by Crippen LogP contribution is -2.31. The van der Waals surface area contributed by atoms with E-state index < -0.39 is 0 Å². The van der Waals surface area contributed by atoms with Crippen molar-refractivity contribution in [3.8, 4) is 6.07 Å². The summed E-state index contributed by atoms with van der Waals surface area (Å²) in [4.78, 5) is 2.42. The van der Waals surface area contributed by atoms with Crippen molar-refractivity contribution in [2.75, 3.05) is 26.7 Å². The first-order chi connectivity index (χ1) is 9.61. The SMILES string of the molecule is Cc1c(CNCCC2CCN(C)CC2)cc(C#N)n1C. The molecule has 0 bridgehead atoms. The lowest BCUT2D eigenvalue weighted by Gasteiger charge is -2.28. The minimum absolute atomic E-state index is 0.745. The molecule has 0 spiro atoms. The summed E-state index contributed by atoms with van der Waals surface area (Å²) >= 11 is 0. The summed E-state index contributed by atoms with van der Waals surface area (Å²) in [6.45, 7) is 6.51. The summed E-state index contributed by atoms with van der Waals surface area (Å²) < 4.78 is 1.97.